The summed E-state index contributed by atoms with van der Waals surface area (Å²) in [5.74, 6) is 1.41. The average molecular weight is 318 g/mol. The van der Waals surface area contributed by atoms with Crippen molar-refractivity contribution in [2.24, 2.45) is 0 Å². The second kappa shape index (κ2) is 6.14. The first-order valence-electron chi connectivity index (χ1n) is 8.08. The molecule has 3 rings (SSSR count). The molecule has 7 nitrogen and oxygen atoms in total. The zero-order chi connectivity index (χ0) is 16.4. The number of rotatable bonds is 3. The van der Waals surface area contributed by atoms with Gasteiger partial charge in [0.2, 0.25) is 5.89 Å². The molecule has 1 aliphatic rings. The van der Waals surface area contributed by atoms with Crippen molar-refractivity contribution in [1.82, 2.24) is 20.6 Å². The number of amides is 1. The lowest BCUT2D eigenvalue weighted by Gasteiger charge is -2.30. The molecule has 0 bridgehead atoms. The Morgan fingerprint density at radius 1 is 1.04 bits per heavy atom. The number of carbonyl (C=O) groups excluding carboxylic acids is 1. The molecule has 124 valence electrons. The number of hydrogen-bond donors (Lipinski definition) is 1. The highest BCUT2D eigenvalue weighted by atomic mass is 16.5. The summed E-state index contributed by atoms with van der Waals surface area (Å²) < 4.78 is 10.3. The average Bonchev–Trinajstić information content (AvgIpc) is 3.00. The van der Waals surface area contributed by atoms with Gasteiger partial charge in [-0.15, -0.1) is 0 Å². The standard InChI is InChI=1S/C16H22N4O3/c1-10-13(11(2)22-19-10)14(21)18-16(8-6-4-5-7-9-16)15-17-12(3)23-20-15/h4-9H2,1-3H3,(H,18,21). The number of aryl methyl sites for hydroxylation is 3. The summed E-state index contributed by atoms with van der Waals surface area (Å²) in [6, 6.07) is 0. The van der Waals surface area contributed by atoms with E-state index >= 15 is 0 Å². The molecule has 0 aliphatic heterocycles. The molecule has 1 saturated carbocycles. The van der Waals surface area contributed by atoms with Crippen LogP contribution in [0.2, 0.25) is 0 Å². The molecule has 1 N–H and O–H groups in total. The van der Waals surface area contributed by atoms with Crippen molar-refractivity contribution in [2.45, 2.75) is 64.8 Å². The summed E-state index contributed by atoms with van der Waals surface area (Å²) in [5, 5.41) is 11.1. The van der Waals surface area contributed by atoms with E-state index in [4.69, 9.17) is 9.05 Å². The molecule has 0 atom stereocenters. The molecule has 1 amide bonds. The maximum absolute atomic E-state index is 12.8. The van der Waals surface area contributed by atoms with Crippen molar-refractivity contribution in [3.05, 3.63) is 28.7 Å². The lowest BCUT2D eigenvalue weighted by molar-refractivity contribution is 0.0874. The van der Waals surface area contributed by atoms with Crippen molar-refractivity contribution >= 4 is 5.91 Å². The van der Waals surface area contributed by atoms with Gasteiger partial charge in [-0.25, -0.2) is 0 Å². The van der Waals surface area contributed by atoms with E-state index in [0.717, 1.165) is 38.5 Å². The highest BCUT2D eigenvalue weighted by Gasteiger charge is 2.39. The van der Waals surface area contributed by atoms with E-state index in [2.05, 4.69) is 20.6 Å². The van der Waals surface area contributed by atoms with Crippen LogP contribution in [0.3, 0.4) is 0 Å². The normalized spacial score (nSPS) is 17.7. The van der Waals surface area contributed by atoms with Gasteiger partial charge >= 0.3 is 0 Å². The van der Waals surface area contributed by atoms with Gasteiger partial charge in [0.25, 0.3) is 5.91 Å². The van der Waals surface area contributed by atoms with E-state index in [1.54, 1.807) is 20.8 Å². The molecule has 2 aromatic rings. The number of aromatic nitrogens is 3. The zero-order valence-corrected chi connectivity index (χ0v) is 13.8. The fraction of sp³-hybridized carbons (Fsp3) is 0.625. The number of nitrogens with zero attached hydrogens (tertiary/aromatic N) is 3. The van der Waals surface area contributed by atoms with Crippen LogP contribution in [0.25, 0.3) is 0 Å². The van der Waals surface area contributed by atoms with Crippen molar-refractivity contribution in [1.29, 1.82) is 0 Å². The summed E-state index contributed by atoms with van der Waals surface area (Å²) in [4.78, 5) is 17.2. The molecule has 0 spiro atoms. The summed E-state index contributed by atoms with van der Waals surface area (Å²) in [7, 11) is 0. The Morgan fingerprint density at radius 2 is 1.74 bits per heavy atom. The van der Waals surface area contributed by atoms with Crippen LogP contribution in [0.1, 0.15) is 72.1 Å². The van der Waals surface area contributed by atoms with Crippen LogP contribution < -0.4 is 5.32 Å². The Labute approximate surface area is 134 Å². The molecule has 0 aromatic carbocycles. The Bertz CT molecular complexity index is 676. The molecule has 1 aliphatic carbocycles. The Kier molecular flexibility index (Phi) is 4.19. The van der Waals surface area contributed by atoms with Gasteiger partial charge < -0.3 is 14.4 Å². The van der Waals surface area contributed by atoms with Gasteiger partial charge in [-0.1, -0.05) is 36.0 Å². The Balaban J connectivity index is 1.94. The van der Waals surface area contributed by atoms with Crippen molar-refractivity contribution < 1.29 is 13.8 Å². The minimum absolute atomic E-state index is 0.189. The first-order valence-corrected chi connectivity index (χ1v) is 8.08. The van der Waals surface area contributed by atoms with Gasteiger partial charge in [-0.2, -0.15) is 4.98 Å². The molecule has 2 aromatic heterocycles. The predicted molar refractivity (Wildman–Crippen MR) is 81.9 cm³/mol. The zero-order valence-electron chi connectivity index (χ0n) is 13.8. The molecule has 0 unspecified atom stereocenters. The van der Waals surface area contributed by atoms with Crippen molar-refractivity contribution in [3.63, 3.8) is 0 Å². The van der Waals surface area contributed by atoms with E-state index in [0.29, 0.717) is 28.7 Å². The largest absolute Gasteiger partial charge is 0.361 e. The summed E-state index contributed by atoms with van der Waals surface area (Å²) in [6.07, 6.45) is 5.96. The fourth-order valence-electron chi connectivity index (χ4n) is 3.32. The van der Waals surface area contributed by atoms with Gasteiger partial charge in [0, 0.05) is 6.92 Å². The fourth-order valence-corrected chi connectivity index (χ4v) is 3.32. The summed E-state index contributed by atoms with van der Waals surface area (Å²) in [5.41, 5.74) is 0.503. The first-order chi connectivity index (χ1) is 11.0. The second-order valence-corrected chi connectivity index (χ2v) is 6.29. The van der Waals surface area contributed by atoms with E-state index in [1.807, 2.05) is 0 Å². The smallest absolute Gasteiger partial charge is 0.257 e. The minimum atomic E-state index is -0.582. The third-order valence-corrected chi connectivity index (χ3v) is 4.53. The van der Waals surface area contributed by atoms with Crippen LogP contribution in [0, 0.1) is 20.8 Å². The van der Waals surface area contributed by atoms with Gasteiger partial charge in [0.15, 0.2) is 5.82 Å². The molecular formula is C16H22N4O3. The molecule has 7 heteroatoms. The molecular weight excluding hydrogens is 296 g/mol. The van der Waals surface area contributed by atoms with Gasteiger partial charge in [0.05, 0.1) is 5.69 Å². The predicted octanol–water partition coefficient (Wildman–Crippen LogP) is 2.96. The topological polar surface area (TPSA) is 94.1 Å². The number of hydrogen-bond acceptors (Lipinski definition) is 6. The first kappa shape index (κ1) is 15.7. The SMILES string of the molecule is Cc1nc(C2(NC(=O)c3c(C)noc3C)CCCCCC2)no1. The quantitative estimate of drug-likeness (QED) is 0.874. The maximum Gasteiger partial charge on any atom is 0.257 e. The van der Waals surface area contributed by atoms with Gasteiger partial charge in [-0.05, 0) is 26.7 Å². The molecule has 0 saturated heterocycles. The molecule has 23 heavy (non-hydrogen) atoms. The van der Waals surface area contributed by atoms with Crippen LogP contribution in [-0.4, -0.2) is 21.2 Å². The second-order valence-electron chi connectivity index (χ2n) is 6.29. The van der Waals surface area contributed by atoms with E-state index in [9.17, 15) is 4.79 Å². The van der Waals surface area contributed by atoms with Crippen LogP contribution in [0.4, 0.5) is 0 Å². The van der Waals surface area contributed by atoms with Gasteiger partial charge in [0.1, 0.15) is 16.9 Å². The molecule has 2 heterocycles. The minimum Gasteiger partial charge on any atom is -0.361 e. The molecule has 1 fully saturated rings. The van der Waals surface area contributed by atoms with Crippen LogP contribution in [0.5, 0.6) is 0 Å². The number of carbonyl (C=O) groups is 1. The summed E-state index contributed by atoms with van der Waals surface area (Å²) >= 11 is 0. The van der Waals surface area contributed by atoms with E-state index in [-0.39, 0.29) is 5.91 Å². The Morgan fingerprint density at radius 3 is 2.26 bits per heavy atom. The summed E-state index contributed by atoms with van der Waals surface area (Å²) in [6.45, 7) is 5.27. The van der Waals surface area contributed by atoms with Gasteiger partial charge in [-0.3, -0.25) is 4.79 Å². The highest BCUT2D eigenvalue weighted by Crippen LogP contribution is 2.35. The maximum atomic E-state index is 12.8. The van der Waals surface area contributed by atoms with Crippen LogP contribution in [-0.2, 0) is 5.54 Å². The van der Waals surface area contributed by atoms with E-state index in [1.165, 1.54) is 0 Å². The number of nitrogens with one attached hydrogen (secondary N) is 1. The van der Waals surface area contributed by atoms with Crippen LogP contribution >= 0.6 is 0 Å². The van der Waals surface area contributed by atoms with Crippen molar-refractivity contribution in [3.8, 4) is 0 Å². The molecule has 0 radical (unpaired) electrons. The van der Waals surface area contributed by atoms with Crippen molar-refractivity contribution in [2.75, 3.05) is 0 Å². The Hall–Kier alpha value is -2.18. The van der Waals surface area contributed by atoms with Crippen LogP contribution in [0.15, 0.2) is 9.05 Å². The highest BCUT2D eigenvalue weighted by molar-refractivity contribution is 5.96. The lowest BCUT2D eigenvalue weighted by Crippen LogP contribution is -2.46. The third kappa shape index (κ3) is 3.00. The monoisotopic (exact) mass is 318 g/mol. The van der Waals surface area contributed by atoms with E-state index < -0.39 is 5.54 Å². The lowest BCUT2D eigenvalue weighted by atomic mass is 9.88. The third-order valence-electron chi connectivity index (χ3n) is 4.53.